The molecule has 0 aliphatic rings. The summed E-state index contributed by atoms with van der Waals surface area (Å²) in [4.78, 5) is 35.1. The van der Waals surface area contributed by atoms with E-state index in [1.807, 2.05) is 0 Å². The van der Waals surface area contributed by atoms with Gasteiger partial charge in [0.2, 0.25) is 0 Å². The van der Waals surface area contributed by atoms with Gasteiger partial charge in [0.25, 0.3) is 0 Å². The number of phosphoric ester groups is 1. The first-order valence-corrected chi connectivity index (χ1v) is 30.3. The van der Waals surface area contributed by atoms with Crippen LogP contribution >= 0.6 is 7.82 Å². The Morgan fingerprint density at radius 3 is 1.12 bits per heavy atom. The van der Waals surface area contributed by atoms with Crippen molar-refractivity contribution in [2.75, 3.05) is 26.4 Å². The van der Waals surface area contributed by atoms with Crippen molar-refractivity contribution in [1.29, 1.82) is 0 Å². The van der Waals surface area contributed by atoms with Crippen LogP contribution < -0.4 is 5.73 Å². The largest absolute Gasteiger partial charge is 0.472 e. The fourth-order valence-corrected chi connectivity index (χ4v) is 7.99. The van der Waals surface area contributed by atoms with Crippen LogP contribution in [0.3, 0.4) is 0 Å². The van der Waals surface area contributed by atoms with Gasteiger partial charge in [0.15, 0.2) is 6.10 Å². The molecule has 0 aromatic heterocycles. The van der Waals surface area contributed by atoms with Gasteiger partial charge in [-0.05, 0) is 122 Å². The van der Waals surface area contributed by atoms with Crippen molar-refractivity contribution in [1.82, 2.24) is 0 Å². The summed E-state index contributed by atoms with van der Waals surface area (Å²) in [6, 6.07) is 0. The Morgan fingerprint density at radius 2 is 0.743 bits per heavy atom. The lowest BCUT2D eigenvalue weighted by atomic mass is 10.1. The highest BCUT2D eigenvalue weighted by Gasteiger charge is 2.26. The number of ether oxygens (including phenoxy) is 2. The van der Waals surface area contributed by atoms with E-state index in [2.05, 4.69) is 160 Å². The lowest BCUT2D eigenvalue weighted by Crippen LogP contribution is -2.29. The summed E-state index contributed by atoms with van der Waals surface area (Å²) in [5, 5.41) is 0. The highest BCUT2D eigenvalue weighted by Crippen LogP contribution is 2.43. The van der Waals surface area contributed by atoms with Crippen LogP contribution in [0.4, 0.5) is 0 Å². The smallest absolute Gasteiger partial charge is 0.462 e. The Labute approximate surface area is 452 Å². The molecule has 0 aromatic carbocycles. The summed E-state index contributed by atoms with van der Waals surface area (Å²) >= 11 is 0. The van der Waals surface area contributed by atoms with Crippen LogP contribution in [0.5, 0.6) is 0 Å². The number of allylic oxidation sites excluding steroid dienone is 24. The number of phosphoric acid groups is 1. The van der Waals surface area contributed by atoms with E-state index in [0.717, 1.165) is 135 Å². The molecule has 0 bridgehead atoms. The Balaban J connectivity index is 4.06. The number of unbranched alkanes of at least 4 members (excludes halogenated alkanes) is 15. The molecule has 2 unspecified atom stereocenters. The van der Waals surface area contributed by atoms with Gasteiger partial charge in [-0.2, -0.15) is 0 Å². The number of hydrogen-bond acceptors (Lipinski definition) is 8. The van der Waals surface area contributed by atoms with Crippen molar-refractivity contribution in [2.24, 2.45) is 5.73 Å². The Bertz CT molecular complexity index is 1710. The standard InChI is InChI=1S/C64H104NO8P/c1-3-5-7-9-11-13-15-17-19-20-21-22-23-24-25-26-27-28-29-30-31-32-33-34-35-36-37-38-39-40-41-42-43-45-47-49-51-53-55-57-64(67)73-62(61-72-74(68,69)71-59-58-65)60-70-63(66)56-54-52-50-48-46-44-18-16-14-12-10-8-6-4-2/h5,7,11,13,16-19,21-22,24-25,27-28,30-31,33-34,36-37,39-40,42-43,62H,3-4,6,8-10,12,14-15,20,23,26,29,32,35,38,41,44-61,65H2,1-2H3,(H,68,69)/b7-5-,13-11-,18-16-,19-17-,22-21-,25-24-,28-27-,31-30-,34-33-,37-36-,40-39-,43-42-. The minimum absolute atomic E-state index is 0.0416. The molecule has 10 heteroatoms. The lowest BCUT2D eigenvalue weighted by molar-refractivity contribution is -0.161. The number of hydrogen-bond donors (Lipinski definition) is 2. The molecule has 0 heterocycles. The topological polar surface area (TPSA) is 134 Å². The molecular weight excluding hydrogens is 942 g/mol. The molecule has 2 atom stereocenters. The second kappa shape index (κ2) is 58.2. The van der Waals surface area contributed by atoms with Gasteiger partial charge in [0.1, 0.15) is 6.61 Å². The predicted octanol–water partition coefficient (Wildman–Crippen LogP) is 18.3. The van der Waals surface area contributed by atoms with Gasteiger partial charge in [0.05, 0.1) is 13.2 Å². The normalized spacial score (nSPS) is 14.2. The van der Waals surface area contributed by atoms with E-state index in [1.54, 1.807) is 0 Å². The van der Waals surface area contributed by atoms with Crippen LogP contribution in [-0.2, 0) is 32.7 Å². The molecule has 9 nitrogen and oxygen atoms in total. The van der Waals surface area contributed by atoms with E-state index >= 15 is 0 Å². The fourth-order valence-electron chi connectivity index (χ4n) is 7.22. The van der Waals surface area contributed by atoms with Crippen molar-refractivity contribution in [3.8, 4) is 0 Å². The first-order valence-electron chi connectivity index (χ1n) is 28.8. The average Bonchev–Trinajstić information content (AvgIpc) is 3.39. The summed E-state index contributed by atoms with van der Waals surface area (Å²) < 4.78 is 32.9. The maximum absolute atomic E-state index is 12.7. The van der Waals surface area contributed by atoms with Crippen molar-refractivity contribution in [2.45, 2.75) is 219 Å². The maximum Gasteiger partial charge on any atom is 0.472 e. The Kier molecular flexibility index (Phi) is 54.9. The van der Waals surface area contributed by atoms with E-state index in [9.17, 15) is 19.0 Å². The average molecular weight is 1050 g/mol. The van der Waals surface area contributed by atoms with Crippen molar-refractivity contribution < 1.29 is 37.6 Å². The van der Waals surface area contributed by atoms with Gasteiger partial charge < -0.3 is 20.1 Å². The van der Waals surface area contributed by atoms with Crippen LogP contribution in [0.25, 0.3) is 0 Å². The van der Waals surface area contributed by atoms with Gasteiger partial charge in [0, 0.05) is 19.4 Å². The minimum Gasteiger partial charge on any atom is -0.462 e. The molecule has 418 valence electrons. The fraction of sp³-hybridized carbons (Fsp3) is 0.594. The van der Waals surface area contributed by atoms with Crippen molar-refractivity contribution >= 4 is 19.8 Å². The van der Waals surface area contributed by atoms with E-state index in [1.165, 1.54) is 38.5 Å². The number of nitrogens with two attached hydrogens (primary N) is 1. The van der Waals surface area contributed by atoms with Gasteiger partial charge in [-0.15, -0.1) is 0 Å². The van der Waals surface area contributed by atoms with Gasteiger partial charge in [-0.25, -0.2) is 4.57 Å². The molecule has 0 amide bonds. The lowest BCUT2D eigenvalue weighted by Gasteiger charge is -2.19. The molecule has 0 fully saturated rings. The number of carbonyl (C=O) groups is 2. The maximum atomic E-state index is 12.7. The van der Waals surface area contributed by atoms with Crippen LogP contribution in [0.1, 0.15) is 213 Å². The third-order valence-electron chi connectivity index (χ3n) is 11.5. The molecular formula is C64H104NO8P. The molecule has 0 aliphatic carbocycles. The number of rotatable bonds is 52. The summed E-state index contributed by atoms with van der Waals surface area (Å²) in [7, 11) is -4.40. The first-order chi connectivity index (χ1) is 36.3. The molecule has 0 saturated heterocycles. The minimum atomic E-state index is -4.40. The zero-order chi connectivity index (χ0) is 53.8. The molecule has 0 spiro atoms. The summed E-state index contributed by atoms with van der Waals surface area (Å²) in [6.45, 7) is 3.56. The molecule has 0 aromatic rings. The number of carbonyl (C=O) groups excluding carboxylic acids is 2. The van der Waals surface area contributed by atoms with Crippen LogP contribution in [-0.4, -0.2) is 49.3 Å². The molecule has 0 aliphatic heterocycles. The first kappa shape index (κ1) is 69.9. The molecule has 3 N–H and O–H groups in total. The van der Waals surface area contributed by atoms with Crippen LogP contribution in [0.2, 0.25) is 0 Å². The van der Waals surface area contributed by atoms with Crippen LogP contribution in [0, 0.1) is 0 Å². The third-order valence-corrected chi connectivity index (χ3v) is 12.4. The summed E-state index contributed by atoms with van der Waals surface area (Å²) in [6.07, 6.45) is 83.3. The highest BCUT2D eigenvalue weighted by atomic mass is 31.2. The zero-order valence-corrected chi connectivity index (χ0v) is 47.4. The molecule has 0 rings (SSSR count). The van der Waals surface area contributed by atoms with E-state index in [-0.39, 0.29) is 32.6 Å². The van der Waals surface area contributed by atoms with E-state index in [0.29, 0.717) is 12.8 Å². The molecule has 74 heavy (non-hydrogen) atoms. The monoisotopic (exact) mass is 1050 g/mol. The van der Waals surface area contributed by atoms with E-state index < -0.39 is 32.5 Å². The summed E-state index contributed by atoms with van der Waals surface area (Å²) in [5.41, 5.74) is 5.37. The Morgan fingerprint density at radius 1 is 0.419 bits per heavy atom. The van der Waals surface area contributed by atoms with Crippen molar-refractivity contribution in [3.63, 3.8) is 0 Å². The van der Waals surface area contributed by atoms with Crippen LogP contribution in [0.15, 0.2) is 146 Å². The van der Waals surface area contributed by atoms with E-state index in [4.69, 9.17) is 24.3 Å². The predicted molar refractivity (Wildman–Crippen MR) is 316 cm³/mol. The second-order valence-electron chi connectivity index (χ2n) is 18.4. The number of esters is 2. The molecule has 0 radical (unpaired) electrons. The molecule has 0 saturated carbocycles. The summed E-state index contributed by atoms with van der Waals surface area (Å²) in [5.74, 6) is -0.871. The van der Waals surface area contributed by atoms with Gasteiger partial charge in [-0.1, -0.05) is 224 Å². The zero-order valence-electron chi connectivity index (χ0n) is 46.5. The van der Waals surface area contributed by atoms with Crippen molar-refractivity contribution in [3.05, 3.63) is 146 Å². The quantitative estimate of drug-likeness (QED) is 0.0264. The third kappa shape index (κ3) is 57.2. The van der Waals surface area contributed by atoms with Gasteiger partial charge in [-0.3, -0.25) is 18.6 Å². The Hall–Kier alpha value is -4.11. The SMILES string of the molecule is CC/C=C\C/C=C\C/C=C\C/C=C\C/C=C\C/C=C\C/C=C\C/C=C\C/C=C\C/C=C\C/C=C\CCCCCCCC(=O)OC(COC(=O)CCCCCCC/C=C\CCCCCCC)COP(=O)(O)OCCN. The van der Waals surface area contributed by atoms with Gasteiger partial charge >= 0.3 is 19.8 Å². The highest BCUT2D eigenvalue weighted by molar-refractivity contribution is 7.47. The second-order valence-corrected chi connectivity index (χ2v) is 19.9.